The van der Waals surface area contributed by atoms with Gasteiger partial charge in [0.05, 0.1) is 5.54 Å². The fraction of sp³-hybridized carbons (Fsp3) is 0.200. The molecule has 1 saturated carbocycles. The highest BCUT2D eigenvalue weighted by molar-refractivity contribution is 6.31. The smallest absolute Gasteiger partial charge is 0.0528 e. The molecule has 1 aliphatic carbocycles. The molecule has 0 bridgehead atoms. The minimum atomic E-state index is -0.130. The van der Waals surface area contributed by atoms with Crippen LogP contribution in [0.5, 0.6) is 0 Å². The van der Waals surface area contributed by atoms with Crippen molar-refractivity contribution in [2.24, 2.45) is 10.8 Å². The third-order valence-corrected chi connectivity index (χ3v) is 15.7. The molecule has 12 rings (SSSR count). The summed E-state index contributed by atoms with van der Waals surface area (Å²) in [5.74, 6) is 0. The van der Waals surface area contributed by atoms with Gasteiger partial charge in [0, 0.05) is 16.8 Å². The normalized spacial score (nSPS) is 20.5. The second-order valence-corrected chi connectivity index (χ2v) is 20.1. The maximum Gasteiger partial charge on any atom is 0.0528 e. The Balaban J connectivity index is 1.18. The van der Waals surface area contributed by atoms with Crippen molar-refractivity contribution < 1.29 is 0 Å². The molecule has 1 heterocycles. The van der Waals surface area contributed by atoms with Gasteiger partial charge in [0.2, 0.25) is 0 Å². The second kappa shape index (κ2) is 12.6. The lowest BCUT2D eigenvalue weighted by molar-refractivity contribution is -0.0236. The Bertz CT molecular complexity index is 3400. The van der Waals surface area contributed by atoms with Crippen molar-refractivity contribution in [1.82, 2.24) is 0 Å². The summed E-state index contributed by atoms with van der Waals surface area (Å²) in [5, 5.41) is 13.0. The van der Waals surface area contributed by atoms with Gasteiger partial charge in [-0.3, -0.25) is 0 Å². The van der Waals surface area contributed by atoms with E-state index in [4.69, 9.17) is 0 Å². The third kappa shape index (κ3) is 4.95. The molecule has 10 aromatic rings. The summed E-state index contributed by atoms with van der Waals surface area (Å²) in [6.07, 6.45) is 2.28. The van der Waals surface area contributed by atoms with E-state index < -0.39 is 0 Å². The van der Waals surface area contributed by atoms with Crippen LogP contribution in [0.3, 0.4) is 0 Å². The van der Waals surface area contributed by atoms with Crippen molar-refractivity contribution in [2.75, 3.05) is 4.90 Å². The number of benzene rings is 10. The molecule has 1 nitrogen and oxygen atoms in total. The van der Waals surface area contributed by atoms with Crippen LogP contribution in [0.25, 0.3) is 87.2 Å². The van der Waals surface area contributed by atoms with Crippen molar-refractivity contribution in [2.45, 2.75) is 65.3 Å². The Labute approximate surface area is 359 Å². The molecule has 1 heteroatoms. The van der Waals surface area contributed by atoms with E-state index in [0.29, 0.717) is 0 Å². The lowest BCUT2D eigenvalue weighted by atomic mass is 9.45. The highest BCUT2D eigenvalue weighted by Crippen LogP contribution is 2.70. The average molecular weight is 786 g/mol. The van der Waals surface area contributed by atoms with Crippen molar-refractivity contribution >= 4 is 65.2 Å². The fourth-order valence-corrected chi connectivity index (χ4v) is 13.3. The highest BCUT2D eigenvalue weighted by Gasteiger charge is 2.67. The van der Waals surface area contributed by atoms with E-state index in [1.165, 1.54) is 111 Å². The molecular formula is C60H51N. The monoisotopic (exact) mass is 785 g/mol. The molecule has 1 aliphatic heterocycles. The number of hydrogen-bond donors (Lipinski definition) is 0. The van der Waals surface area contributed by atoms with Crippen LogP contribution in [0, 0.1) is 10.8 Å². The molecule has 0 amide bonds. The van der Waals surface area contributed by atoms with Crippen LogP contribution in [-0.2, 0) is 5.41 Å². The summed E-state index contributed by atoms with van der Waals surface area (Å²) in [7, 11) is 0. The number of hydrogen-bond acceptors (Lipinski definition) is 1. The maximum atomic E-state index is 2.72. The van der Waals surface area contributed by atoms with Crippen LogP contribution >= 0.6 is 0 Å². The number of para-hydroxylation sites is 1. The summed E-state index contributed by atoms with van der Waals surface area (Å²) in [6, 6.07) is 66.7. The molecule has 0 N–H and O–H groups in total. The maximum absolute atomic E-state index is 2.72. The summed E-state index contributed by atoms with van der Waals surface area (Å²) >= 11 is 0. The van der Waals surface area contributed by atoms with E-state index in [9.17, 15) is 0 Å². The van der Waals surface area contributed by atoms with Crippen LogP contribution in [0.2, 0.25) is 0 Å². The first kappa shape index (κ1) is 36.4. The molecule has 2 aliphatic rings. The summed E-state index contributed by atoms with van der Waals surface area (Å²) in [5.41, 5.74) is 11.8. The van der Waals surface area contributed by atoms with Crippen LogP contribution in [0.4, 0.5) is 11.4 Å². The molecule has 0 saturated heterocycles. The SMILES string of the molecule is CC1(C)CC(C)(C)C2(C)c3cc(-c4cc(-c5cccc6ccccc56)c5ccc6ccc(-c7cccc8ccccc78)c7ccc4c5c67)ccc3N(c3ccccc3)C2(C)C1. The van der Waals surface area contributed by atoms with Gasteiger partial charge in [-0.25, -0.2) is 0 Å². The predicted octanol–water partition coefficient (Wildman–Crippen LogP) is 16.9. The van der Waals surface area contributed by atoms with Crippen molar-refractivity contribution in [3.8, 4) is 33.4 Å². The largest absolute Gasteiger partial charge is 0.334 e. The molecular weight excluding hydrogens is 735 g/mol. The van der Waals surface area contributed by atoms with Gasteiger partial charge in [0.25, 0.3) is 0 Å². The standard InChI is InChI=1S/C60H51N/c1-57(2)36-58(3,4)60(6)53-34-41(28-33-54(53)61(59(60,5)37-57)42-20-8-7-9-21-42)51-35-52(46-25-15-19-39-17-11-13-23-44(39)46)50-30-27-40-26-29-47(48-31-32-49(51)56(50)55(40)48)45-24-14-18-38-16-10-12-22-43(38)45/h7-35H,36-37H2,1-6H3. The van der Waals surface area contributed by atoms with E-state index >= 15 is 0 Å². The van der Waals surface area contributed by atoms with Gasteiger partial charge in [-0.1, -0.05) is 180 Å². The first-order valence-corrected chi connectivity index (χ1v) is 22.2. The number of fused-ring (bicyclic) bond motifs is 5. The quantitative estimate of drug-likeness (QED) is 0.161. The Morgan fingerprint density at radius 1 is 0.393 bits per heavy atom. The van der Waals surface area contributed by atoms with Gasteiger partial charge in [-0.15, -0.1) is 0 Å². The van der Waals surface area contributed by atoms with Gasteiger partial charge in [0.15, 0.2) is 0 Å². The van der Waals surface area contributed by atoms with Gasteiger partial charge >= 0.3 is 0 Å². The van der Waals surface area contributed by atoms with E-state index in [0.717, 1.165) is 6.42 Å². The fourth-order valence-electron chi connectivity index (χ4n) is 13.3. The van der Waals surface area contributed by atoms with Crippen molar-refractivity contribution in [3.05, 3.63) is 181 Å². The summed E-state index contributed by atoms with van der Waals surface area (Å²) in [4.78, 5) is 2.72. The zero-order valence-electron chi connectivity index (χ0n) is 36.1. The van der Waals surface area contributed by atoms with Crippen LogP contribution < -0.4 is 4.90 Å². The molecule has 1 fully saturated rings. The van der Waals surface area contributed by atoms with E-state index in [1.54, 1.807) is 0 Å². The van der Waals surface area contributed by atoms with E-state index in [-0.39, 0.29) is 21.8 Å². The highest BCUT2D eigenvalue weighted by atomic mass is 15.3. The topological polar surface area (TPSA) is 3.24 Å². The van der Waals surface area contributed by atoms with Gasteiger partial charge in [-0.2, -0.15) is 0 Å². The molecule has 0 spiro atoms. The van der Waals surface area contributed by atoms with Crippen LogP contribution in [0.15, 0.2) is 176 Å². The molecule has 296 valence electrons. The Hall–Kier alpha value is -6.44. The molecule has 0 aromatic heterocycles. The van der Waals surface area contributed by atoms with Crippen molar-refractivity contribution in [1.29, 1.82) is 0 Å². The first-order valence-electron chi connectivity index (χ1n) is 22.2. The van der Waals surface area contributed by atoms with Crippen molar-refractivity contribution in [3.63, 3.8) is 0 Å². The molecule has 0 radical (unpaired) electrons. The van der Waals surface area contributed by atoms with Crippen LogP contribution in [-0.4, -0.2) is 5.54 Å². The number of rotatable bonds is 4. The number of nitrogens with zero attached hydrogens (tertiary/aromatic N) is 1. The van der Waals surface area contributed by atoms with E-state index in [1.807, 2.05) is 0 Å². The zero-order chi connectivity index (χ0) is 41.5. The minimum Gasteiger partial charge on any atom is -0.334 e. The molecule has 2 atom stereocenters. The summed E-state index contributed by atoms with van der Waals surface area (Å²) < 4.78 is 0. The molecule has 61 heavy (non-hydrogen) atoms. The van der Waals surface area contributed by atoms with E-state index in [2.05, 4.69) is 222 Å². The zero-order valence-corrected chi connectivity index (χ0v) is 36.1. The van der Waals surface area contributed by atoms with Gasteiger partial charge < -0.3 is 4.90 Å². The molecule has 2 unspecified atom stereocenters. The average Bonchev–Trinajstić information content (AvgIpc) is 3.47. The predicted molar refractivity (Wildman–Crippen MR) is 263 cm³/mol. The van der Waals surface area contributed by atoms with Crippen LogP contribution in [0.1, 0.15) is 59.9 Å². The lowest BCUT2D eigenvalue weighted by Gasteiger charge is -2.62. The third-order valence-electron chi connectivity index (χ3n) is 15.7. The summed E-state index contributed by atoms with van der Waals surface area (Å²) in [6.45, 7) is 15.2. The number of anilines is 2. The Kier molecular flexibility index (Phi) is 7.49. The van der Waals surface area contributed by atoms with Gasteiger partial charge in [0.1, 0.15) is 0 Å². The Morgan fingerprint density at radius 2 is 0.951 bits per heavy atom. The second-order valence-electron chi connectivity index (χ2n) is 20.1. The van der Waals surface area contributed by atoms with Gasteiger partial charge in [-0.05, 0) is 154 Å². The first-order chi connectivity index (χ1) is 29.5. The minimum absolute atomic E-state index is 0.0369. The molecule has 10 aromatic carbocycles. The lowest BCUT2D eigenvalue weighted by Crippen LogP contribution is -2.65. The Morgan fingerprint density at radius 3 is 1.66 bits per heavy atom.